The molecule has 2 fully saturated rings. The van der Waals surface area contributed by atoms with Crippen LogP contribution in [0.3, 0.4) is 0 Å². The maximum absolute atomic E-state index is 11.5. The Hall–Kier alpha value is -0.860. The van der Waals surface area contributed by atoms with Crippen LogP contribution in [0, 0.1) is 17.3 Å². The molecule has 0 amide bonds. The molecule has 3 unspecified atom stereocenters. The Morgan fingerprint density at radius 2 is 2.08 bits per heavy atom. The van der Waals surface area contributed by atoms with Gasteiger partial charge in [-0.3, -0.25) is 9.59 Å². The summed E-state index contributed by atoms with van der Waals surface area (Å²) >= 11 is 0. The summed E-state index contributed by atoms with van der Waals surface area (Å²) in [6.07, 6.45) is 2.15. The normalized spacial score (nSPS) is 44.5. The second-order valence-corrected chi connectivity index (χ2v) is 4.54. The quantitative estimate of drug-likeness (QED) is 0.421. The predicted octanol–water partition coefficient (Wildman–Crippen LogP) is 1.51. The molecular formula is C10H14O3. The van der Waals surface area contributed by atoms with Gasteiger partial charge in [-0.15, -0.1) is 0 Å². The molecule has 0 aromatic rings. The lowest BCUT2D eigenvalue weighted by Crippen LogP contribution is -2.29. The lowest BCUT2D eigenvalue weighted by atomic mass is 9.77. The van der Waals surface area contributed by atoms with Crippen LogP contribution in [-0.4, -0.2) is 11.9 Å². The van der Waals surface area contributed by atoms with Crippen LogP contribution in [0.2, 0.25) is 0 Å². The summed E-state index contributed by atoms with van der Waals surface area (Å²) in [4.78, 5) is 22.5. The molecule has 1 saturated carbocycles. The smallest absolute Gasteiger partial charge is 0.320 e. The van der Waals surface area contributed by atoms with Gasteiger partial charge in [-0.25, -0.2) is 0 Å². The van der Waals surface area contributed by atoms with Gasteiger partial charge in [-0.05, 0) is 24.7 Å². The molecule has 72 valence electrons. The van der Waals surface area contributed by atoms with Crippen LogP contribution in [0.25, 0.3) is 0 Å². The maximum Gasteiger partial charge on any atom is 0.320 e. The van der Waals surface area contributed by atoms with E-state index in [-0.39, 0.29) is 11.9 Å². The Morgan fingerprint density at radius 1 is 1.38 bits per heavy atom. The van der Waals surface area contributed by atoms with Crippen molar-refractivity contribution in [1.29, 1.82) is 0 Å². The minimum Gasteiger partial charge on any atom is -0.393 e. The van der Waals surface area contributed by atoms with Crippen molar-refractivity contribution in [3.05, 3.63) is 0 Å². The predicted molar refractivity (Wildman–Crippen MR) is 45.7 cm³/mol. The van der Waals surface area contributed by atoms with Gasteiger partial charge >= 0.3 is 11.9 Å². The number of carbonyl (C=O) groups excluding carboxylic acids is 2. The van der Waals surface area contributed by atoms with Crippen LogP contribution in [0.1, 0.15) is 33.1 Å². The van der Waals surface area contributed by atoms with E-state index in [2.05, 4.69) is 11.7 Å². The van der Waals surface area contributed by atoms with Crippen molar-refractivity contribution in [1.82, 2.24) is 0 Å². The van der Waals surface area contributed by atoms with E-state index >= 15 is 0 Å². The topological polar surface area (TPSA) is 43.4 Å². The first kappa shape index (κ1) is 8.73. The molecular weight excluding hydrogens is 168 g/mol. The van der Waals surface area contributed by atoms with Crippen LogP contribution in [0.4, 0.5) is 0 Å². The van der Waals surface area contributed by atoms with Crippen molar-refractivity contribution in [2.24, 2.45) is 17.3 Å². The minimum atomic E-state index is -0.462. The van der Waals surface area contributed by atoms with Gasteiger partial charge in [0.25, 0.3) is 0 Å². The van der Waals surface area contributed by atoms with E-state index in [1.54, 1.807) is 0 Å². The fraction of sp³-hybridized carbons (Fsp3) is 0.800. The van der Waals surface area contributed by atoms with E-state index in [1.807, 2.05) is 6.92 Å². The number of carbonyl (C=O) groups is 2. The lowest BCUT2D eigenvalue weighted by molar-refractivity contribution is -0.155. The number of rotatable bonds is 0. The highest BCUT2D eigenvalue weighted by atomic mass is 16.6. The van der Waals surface area contributed by atoms with Gasteiger partial charge in [0.1, 0.15) is 0 Å². The van der Waals surface area contributed by atoms with Crippen molar-refractivity contribution in [3.63, 3.8) is 0 Å². The van der Waals surface area contributed by atoms with Gasteiger partial charge in [0.15, 0.2) is 0 Å². The minimum absolute atomic E-state index is 0.283. The Kier molecular flexibility index (Phi) is 1.72. The third kappa shape index (κ3) is 1.10. The second kappa shape index (κ2) is 2.56. The molecule has 3 heteroatoms. The second-order valence-electron chi connectivity index (χ2n) is 4.54. The van der Waals surface area contributed by atoms with Gasteiger partial charge in [0.2, 0.25) is 0 Å². The Morgan fingerprint density at radius 3 is 2.46 bits per heavy atom. The molecule has 0 N–H and O–H groups in total. The highest BCUT2D eigenvalue weighted by Crippen LogP contribution is 2.52. The third-order valence-corrected chi connectivity index (χ3v) is 3.48. The molecule has 1 spiro atoms. The van der Waals surface area contributed by atoms with Gasteiger partial charge in [0.05, 0.1) is 11.8 Å². The van der Waals surface area contributed by atoms with Crippen LogP contribution >= 0.6 is 0 Å². The van der Waals surface area contributed by atoms with E-state index in [4.69, 9.17) is 0 Å². The largest absolute Gasteiger partial charge is 0.393 e. The molecule has 0 aromatic carbocycles. The Labute approximate surface area is 77.4 Å². The van der Waals surface area contributed by atoms with Crippen molar-refractivity contribution in [3.8, 4) is 0 Å². The lowest BCUT2D eigenvalue weighted by Gasteiger charge is -2.21. The fourth-order valence-electron chi connectivity index (χ4n) is 2.84. The third-order valence-electron chi connectivity index (χ3n) is 3.48. The highest BCUT2D eigenvalue weighted by molar-refractivity contribution is 5.97. The molecule has 1 heterocycles. The zero-order valence-electron chi connectivity index (χ0n) is 8.00. The number of hydrogen-bond acceptors (Lipinski definition) is 3. The zero-order valence-corrected chi connectivity index (χ0v) is 8.00. The van der Waals surface area contributed by atoms with Crippen molar-refractivity contribution >= 4 is 11.9 Å². The Bertz CT molecular complexity index is 271. The monoisotopic (exact) mass is 182 g/mol. The summed E-state index contributed by atoms with van der Waals surface area (Å²) in [6.45, 7) is 4.17. The van der Waals surface area contributed by atoms with Gasteiger partial charge in [0, 0.05) is 0 Å². The van der Waals surface area contributed by atoms with Crippen LogP contribution in [-0.2, 0) is 14.3 Å². The molecule has 3 nitrogen and oxygen atoms in total. The van der Waals surface area contributed by atoms with Gasteiger partial charge in [-0.2, -0.15) is 0 Å². The zero-order chi connectivity index (χ0) is 9.64. The van der Waals surface area contributed by atoms with E-state index in [0.717, 1.165) is 12.8 Å². The van der Waals surface area contributed by atoms with Gasteiger partial charge < -0.3 is 4.74 Å². The first-order valence-corrected chi connectivity index (χ1v) is 4.80. The number of cyclic esters (lactones) is 2. The highest BCUT2D eigenvalue weighted by Gasteiger charge is 2.56. The average molecular weight is 182 g/mol. The molecule has 1 aliphatic carbocycles. The molecule has 1 saturated heterocycles. The number of ether oxygens (including phenoxy) is 1. The van der Waals surface area contributed by atoms with Crippen LogP contribution in [0.5, 0.6) is 0 Å². The van der Waals surface area contributed by atoms with Crippen molar-refractivity contribution in [2.75, 3.05) is 0 Å². The van der Waals surface area contributed by atoms with Gasteiger partial charge in [-0.1, -0.05) is 13.8 Å². The average Bonchev–Trinajstić information content (AvgIpc) is 2.40. The molecule has 13 heavy (non-hydrogen) atoms. The van der Waals surface area contributed by atoms with E-state index < -0.39 is 5.41 Å². The molecule has 0 radical (unpaired) electrons. The molecule has 3 atom stereocenters. The summed E-state index contributed by atoms with van der Waals surface area (Å²) in [5.41, 5.74) is -0.462. The summed E-state index contributed by atoms with van der Waals surface area (Å²) in [5, 5.41) is 0. The summed E-state index contributed by atoms with van der Waals surface area (Å²) < 4.78 is 4.64. The number of hydrogen-bond donors (Lipinski definition) is 0. The van der Waals surface area contributed by atoms with E-state index in [1.165, 1.54) is 0 Å². The van der Waals surface area contributed by atoms with Crippen molar-refractivity contribution < 1.29 is 14.3 Å². The summed E-state index contributed by atoms with van der Waals surface area (Å²) in [6, 6.07) is 0. The standard InChI is InChI=1S/C10H14O3/c1-6-3-7(2)10(4-6)5-8(11)13-9(10)12/h6-7H,3-5H2,1-2H3. The SMILES string of the molecule is CC1CC(C)C2(CC(=O)OC2=O)C1. The molecule has 2 aliphatic rings. The molecule has 0 bridgehead atoms. The van der Waals surface area contributed by atoms with Crippen LogP contribution in [0.15, 0.2) is 0 Å². The first-order valence-electron chi connectivity index (χ1n) is 4.80. The molecule has 0 aromatic heterocycles. The maximum atomic E-state index is 11.5. The van der Waals surface area contributed by atoms with Crippen molar-refractivity contribution in [2.45, 2.75) is 33.1 Å². The van der Waals surface area contributed by atoms with E-state index in [0.29, 0.717) is 18.3 Å². The Balaban J connectivity index is 2.30. The summed E-state index contributed by atoms with van der Waals surface area (Å²) in [5.74, 6) is 0.204. The first-order chi connectivity index (χ1) is 6.04. The molecule has 1 aliphatic heterocycles. The fourth-order valence-corrected chi connectivity index (χ4v) is 2.84. The molecule has 2 rings (SSSR count). The van der Waals surface area contributed by atoms with Crippen LogP contribution < -0.4 is 0 Å². The van der Waals surface area contributed by atoms with E-state index in [9.17, 15) is 9.59 Å². The summed E-state index contributed by atoms with van der Waals surface area (Å²) in [7, 11) is 0. The number of esters is 2.